The quantitative estimate of drug-likeness (QED) is 0.445. The summed E-state index contributed by atoms with van der Waals surface area (Å²) in [4.78, 5) is 9.04. The van der Waals surface area contributed by atoms with Crippen LogP contribution in [0, 0.1) is 0 Å². The number of aromatic nitrogens is 2. The molecule has 3 rings (SSSR count). The summed E-state index contributed by atoms with van der Waals surface area (Å²) >= 11 is 0. The van der Waals surface area contributed by atoms with E-state index in [0.717, 1.165) is 22.6 Å². The van der Waals surface area contributed by atoms with E-state index >= 15 is 0 Å². The third-order valence-corrected chi connectivity index (χ3v) is 4.28. The number of benzene rings is 1. The number of halogens is 1. The lowest BCUT2D eigenvalue weighted by molar-refractivity contribution is 0.415. The van der Waals surface area contributed by atoms with Gasteiger partial charge in [-0.05, 0) is 25.0 Å². The van der Waals surface area contributed by atoms with E-state index in [1.54, 1.807) is 7.11 Å². The lowest BCUT2D eigenvalue weighted by atomic mass is 10.2. The highest BCUT2D eigenvalue weighted by atomic mass is 127. The molecule has 0 amide bonds. The van der Waals surface area contributed by atoms with E-state index in [1.807, 2.05) is 29.8 Å². The van der Waals surface area contributed by atoms with Gasteiger partial charge in [-0.2, -0.15) is 0 Å². The maximum atomic E-state index is 5.97. The smallest absolute Gasteiger partial charge is 0.189 e. The fourth-order valence-corrected chi connectivity index (χ4v) is 2.98. The summed E-state index contributed by atoms with van der Waals surface area (Å²) in [5.74, 6) is 2.21. The first-order chi connectivity index (χ1) is 10.7. The molecule has 0 aliphatic heterocycles. The molecule has 3 N–H and O–H groups in total. The van der Waals surface area contributed by atoms with Crippen LogP contribution < -0.4 is 15.8 Å². The Bertz CT molecular complexity index is 691. The standard InChI is InChI=1S/C16H23N5O.HI/c1-21-14-8-7-12(22-2)9-13(14)20-15(21)10-18-16(17)19-11-5-3-4-6-11;/h7-9,11H,3-6,10H2,1-2H3,(H3,17,18,19);1H. The number of fused-ring (bicyclic) bond motifs is 1. The van der Waals surface area contributed by atoms with E-state index in [9.17, 15) is 0 Å². The van der Waals surface area contributed by atoms with Crippen LogP contribution in [0.1, 0.15) is 31.5 Å². The van der Waals surface area contributed by atoms with Crippen LogP contribution in [0.5, 0.6) is 5.75 Å². The minimum atomic E-state index is 0. The van der Waals surface area contributed by atoms with Crippen molar-refractivity contribution < 1.29 is 4.74 Å². The number of rotatable bonds is 4. The van der Waals surface area contributed by atoms with Crippen LogP contribution in [0.15, 0.2) is 23.2 Å². The molecule has 1 aromatic heterocycles. The second-order valence-corrected chi connectivity index (χ2v) is 5.77. The molecule has 2 aromatic rings. The molecule has 0 radical (unpaired) electrons. The molecule has 1 heterocycles. The molecular formula is C16H24IN5O. The molecule has 23 heavy (non-hydrogen) atoms. The molecule has 1 aliphatic rings. The van der Waals surface area contributed by atoms with Gasteiger partial charge in [0.2, 0.25) is 0 Å². The van der Waals surface area contributed by atoms with Crippen molar-refractivity contribution in [3.63, 3.8) is 0 Å². The summed E-state index contributed by atoms with van der Waals surface area (Å²) in [7, 11) is 3.65. The second-order valence-electron chi connectivity index (χ2n) is 5.77. The number of hydrogen-bond donors (Lipinski definition) is 2. The molecule has 7 heteroatoms. The van der Waals surface area contributed by atoms with Crippen molar-refractivity contribution in [1.82, 2.24) is 14.9 Å². The molecule has 0 bridgehead atoms. The van der Waals surface area contributed by atoms with Crippen LogP contribution in [0.2, 0.25) is 0 Å². The number of imidazole rings is 1. The molecule has 0 saturated heterocycles. The van der Waals surface area contributed by atoms with Gasteiger partial charge in [-0.25, -0.2) is 9.98 Å². The van der Waals surface area contributed by atoms with E-state index in [2.05, 4.69) is 15.3 Å². The van der Waals surface area contributed by atoms with Crippen LogP contribution in [0.3, 0.4) is 0 Å². The fraction of sp³-hybridized carbons (Fsp3) is 0.500. The molecule has 0 unspecified atom stereocenters. The summed E-state index contributed by atoms with van der Waals surface area (Å²) in [6.45, 7) is 0.471. The first-order valence-electron chi connectivity index (χ1n) is 7.73. The molecule has 1 aliphatic carbocycles. The number of aliphatic imine (C=N–C) groups is 1. The van der Waals surface area contributed by atoms with Crippen LogP contribution in [-0.2, 0) is 13.6 Å². The van der Waals surface area contributed by atoms with Crippen LogP contribution in [0.4, 0.5) is 0 Å². The summed E-state index contributed by atoms with van der Waals surface area (Å²) in [6.07, 6.45) is 4.92. The van der Waals surface area contributed by atoms with Gasteiger partial charge < -0.3 is 20.4 Å². The number of methoxy groups -OCH3 is 1. The first-order valence-corrected chi connectivity index (χ1v) is 7.73. The van der Waals surface area contributed by atoms with E-state index in [-0.39, 0.29) is 24.0 Å². The Kier molecular flexibility index (Phi) is 6.09. The lowest BCUT2D eigenvalue weighted by Gasteiger charge is -2.12. The molecule has 1 saturated carbocycles. The Morgan fingerprint density at radius 1 is 1.43 bits per heavy atom. The Hall–Kier alpha value is -1.51. The highest BCUT2D eigenvalue weighted by Crippen LogP contribution is 2.21. The molecule has 1 fully saturated rings. The number of hydrogen-bond acceptors (Lipinski definition) is 3. The number of nitrogens with zero attached hydrogens (tertiary/aromatic N) is 3. The van der Waals surface area contributed by atoms with Gasteiger partial charge in [0.15, 0.2) is 5.96 Å². The van der Waals surface area contributed by atoms with Crippen molar-refractivity contribution in [3.8, 4) is 5.75 Å². The summed E-state index contributed by atoms with van der Waals surface area (Å²) in [6, 6.07) is 6.36. The summed E-state index contributed by atoms with van der Waals surface area (Å²) in [5.41, 5.74) is 7.95. The zero-order chi connectivity index (χ0) is 15.5. The van der Waals surface area contributed by atoms with Crippen LogP contribution in [-0.4, -0.2) is 28.7 Å². The average Bonchev–Trinajstić information content (AvgIpc) is 3.13. The lowest BCUT2D eigenvalue weighted by Crippen LogP contribution is -2.38. The molecule has 0 spiro atoms. The van der Waals surface area contributed by atoms with Gasteiger partial charge in [0.25, 0.3) is 0 Å². The highest BCUT2D eigenvalue weighted by Gasteiger charge is 2.15. The van der Waals surface area contributed by atoms with Gasteiger partial charge in [-0.3, -0.25) is 0 Å². The maximum absolute atomic E-state index is 5.97. The van der Waals surface area contributed by atoms with Crippen molar-refractivity contribution >= 4 is 41.0 Å². The number of ether oxygens (including phenoxy) is 1. The van der Waals surface area contributed by atoms with Crippen LogP contribution in [0.25, 0.3) is 11.0 Å². The van der Waals surface area contributed by atoms with Crippen molar-refractivity contribution in [2.75, 3.05) is 7.11 Å². The molecule has 126 valence electrons. The van der Waals surface area contributed by atoms with E-state index in [4.69, 9.17) is 10.5 Å². The monoisotopic (exact) mass is 429 g/mol. The minimum Gasteiger partial charge on any atom is -0.497 e. The van der Waals surface area contributed by atoms with E-state index in [0.29, 0.717) is 18.5 Å². The Balaban J connectivity index is 0.00000192. The Morgan fingerprint density at radius 3 is 2.87 bits per heavy atom. The Morgan fingerprint density at radius 2 is 2.17 bits per heavy atom. The molecule has 1 aromatic carbocycles. The van der Waals surface area contributed by atoms with Crippen molar-refractivity contribution in [2.24, 2.45) is 17.8 Å². The zero-order valence-corrected chi connectivity index (χ0v) is 15.9. The first kappa shape index (κ1) is 17.8. The van der Waals surface area contributed by atoms with E-state index in [1.165, 1.54) is 25.7 Å². The third-order valence-electron chi connectivity index (χ3n) is 4.28. The van der Waals surface area contributed by atoms with Gasteiger partial charge in [0.1, 0.15) is 18.1 Å². The van der Waals surface area contributed by atoms with Crippen molar-refractivity contribution in [2.45, 2.75) is 38.3 Å². The summed E-state index contributed by atoms with van der Waals surface area (Å²) < 4.78 is 7.28. The highest BCUT2D eigenvalue weighted by molar-refractivity contribution is 14.0. The van der Waals surface area contributed by atoms with Gasteiger partial charge in [0.05, 0.1) is 18.1 Å². The van der Waals surface area contributed by atoms with Gasteiger partial charge in [-0.15, -0.1) is 24.0 Å². The number of guanidine groups is 1. The predicted octanol–water partition coefficient (Wildman–Crippen LogP) is 2.55. The largest absolute Gasteiger partial charge is 0.497 e. The third kappa shape index (κ3) is 4.07. The number of nitrogens with two attached hydrogens (primary N) is 1. The van der Waals surface area contributed by atoms with Gasteiger partial charge in [0, 0.05) is 19.2 Å². The second kappa shape index (κ2) is 7.85. The topological polar surface area (TPSA) is 77.5 Å². The van der Waals surface area contributed by atoms with Crippen molar-refractivity contribution in [3.05, 3.63) is 24.0 Å². The SMILES string of the molecule is COc1ccc2c(c1)nc(CN=C(N)NC1CCCC1)n2C.I. The van der Waals surface area contributed by atoms with Gasteiger partial charge >= 0.3 is 0 Å². The predicted molar refractivity (Wildman–Crippen MR) is 103 cm³/mol. The number of aryl methyl sites for hydroxylation is 1. The normalized spacial score (nSPS) is 15.7. The number of nitrogens with one attached hydrogen (secondary N) is 1. The van der Waals surface area contributed by atoms with Crippen molar-refractivity contribution in [1.29, 1.82) is 0 Å². The van der Waals surface area contributed by atoms with E-state index < -0.39 is 0 Å². The van der Waals surface area contributed by atoms with Crippen LogP contribution >= 0.6 is 24.0 Å². The average molecular weight is 429 g/mol. The minimum absolute atomic E-state index is 0. The zero-order valence-electron chi connectivity index (χ0n) is 13.6. The Labute approximate surface area is 153 Å². The maximum Gasteiger partial charge on any atom is 0.189 e. The van der Waals surface area contributed by atoms with Gasteiger partial charge in [-0.1, -0.05) is 12.8 Å². The molecule has 0 atom stereocenters. The molecule has 6 nitrogen and oxygen atoms in total. The summed E-state index contributed by atoms with van der Waals surface area (Å²) in [5, 5.41) is 3.29. The fourth-order valence-electron chi connectivity index (χ4n) is 2.98. The molecular weight excluding hydrogens is 405 g/mol.